The first kappa shape index (κ1) is 10.7. The van der Waals surface area contributed by atoms with Crippen LogP contribution >= 0.6 is 0 Å². The van der Waals surface area contributed by atoms with Gasteiger partial charge in [-0.25, -0.2) is 0 Å². The Morgan fingerprint density at radius 3 is 2.50 bits per heavy atom. The highest BCUT2D eigenvalue weighted by Gasteiger charge is 2.07. The predicted molar refractivity (Wildman–Crippen MR) is 55.2 cm³/mol. The number of nitro benzene ring substituents is 1. The molecule has 0 spiro atoms. The van der Waals surface area contributed by atoms with Crippen molar-refractivity contribution in [3.05, 3.63) is 39.4 Å². The molecule has 0 saturated heterocycles. The topological polar surface area (TPSA) is 46.4 Å². The van der Waals surface area contributed by atoms with Crippen LogP contribution in [0.5, 0.6) is 0 Å². The Morgan fingerprint density at radius 1 is 1.36 bits per heavy atom. The summed E-state index contributed by atoms with van der Waals surface area (Å²) < 4.78 is 0. The Kier molecular flexibility index (Phi) is 3.19. The lowest BCUT2D eigenvalue weighted by Crippen LogP contribution is -2.10. The molecule has 1 aromatic carbocycles. The normalized spacial score (nSPS) is 10.6. The van der Waals surface area contributed by atoms with Crippen LogP contribution in [0.2, 0.25) is 0 Å². The molecule has 0 bridgehead atoms. The van der Waals surface area contributed by atoms with Gasteiger partial charge in [0.05, 0.1) is 4.92 Å². The molecule has 0 unspecified atom stereocenters. The standard InChI is InChI=1S/C10H14N2O2/c1-8-4-9(7-11(2)3)6-10(5-8)12(13)14/h4-6H,7H2,1-3H3. The Labute approximate surface area is 83.3 Å². The van der Waals surface area contributed by atoms with Crippen molar-refractivity contribution < 1.29 is 4.92 Å². The second kappa shape index (κ2) is 4.19. The summed E-state index contributed by atoms with van der Waals surface area (Å²) in [5, 5.41) is 10.6. The molecule has 0 aliphatic rings. The number of benzene rings is 1. The second-order valence-electron chi connectivity index (χ2n) is 3.67. The van der Waals surface area contributed by atoms with Crippen LogP contribution in [0.4, 0.5) is 5.69 Å². The maximum atomic E-state index is 10.6. The van der Waals surface area contributed by atoms with Gasteiger partial charge in [-0.05, 0) is 32.1 Å². The van der Waals surface area contributed by atoms with Crippen molar-refractivity contribution in [3.8, 4) is 0 Å². The van der Waals surface area contributed by atoms with E-state index in [0.29, 0.717) is 0 Å². The number of hydrogen-bond donors (Lipinski definition) is 0. The van der Waals surface area contributed by atoms with Crippen molar-refractivity contribution in [2.75, 3.05) is 14.1 Å². The lowest BCUT2D eigenvalue weighted by Gasteiger charge is -2.09. The number of nitro groups is 1. The van der Waals surface area contributed by atoms with E-state index in [1.54, 1.807) is 12.1 Å². The molecular weight excluding hydrogens is 180 g/mol. The van der Waals surface area contributed by atoms with Gasteiger partial charge in [-0.3, -0.25) is 10.1 Å². The highest BCUT2D eigenvalue weighted by atomic mass is 16.6. The highest BCUT2D eigenvalue weighted by molar-refractivity contribution is 5.38. The first-order valence-corrected chi connectivity index (χ1v) is 4.39. The van der Waals surface area contributed by atoms with Gasteiger partial charge in [-0.2, -0.15) is 0 Å². The molecule has 0 amide bonds. The van der Waals surface area contributed by atoms with Crippen LogP contribution in [-0.4, -0.2) is 23.9 Å². The molecular formula is C10H14N2O2. The minimum atomic E-state index is -0.355. The van der Waals surface area contributed by atoms with Gasteiger partial charge < -0.3 is 4.90 Å². The zero-order valence-corrected chi connectivity index (χ0v) is 8.65. The van der Waals surface area contributed by atoms with E-state index < -0.39 is 0 Å². The summed E-state index contributed by atoms with van der Waals surface area (Å²) in [6, 6.07) is 5.17. The molecule has 1 rings (SSSR count). The molecule has 0 heterocycles. The van der Waals surface area contributed by atoms with Gasteiger partial charge in [0.2, 0.25) is 0 Å². The van der Waals surface area contributed by atoms with E-state index in [4.69, 9.17) is 0 Å². The lowest BCUT2D eigenvalue weighted by molar-refractivity contribution is -0.385. The zero-order chi connectivity index (χ0) is 10.7. The molecule has 76 valence electrons. The lowest BCUT2D eigenvalue weighted by atomic mass is 10.1. The summed E-state index contributed by atoms with van der Waals surface area (Å²) in [6.45, 7) is 2.59. The Balaban J connectivity index is 3.01. The summed E-state index contributed by atoms with van der Waals surface area (Å²) in [6.07, 6.45) is 0. The van der Waals surface area contributed by atoms with Gasteiger partial charge in [0.15, 0.2) is 0 Å². The van der Waals surface area contributed by atoms with Gasteiger partial charge >= 0.3 is 0 Å². The van der Waals surface area contributed by atoms with Gasteiger partial charge in [-0.15, -0.1) is 0 Å². The van der Waals surface area contributed by atoms with Crippen molar-refractivity contribution in [2.24, 2.45) is 0 Å². The quantitative estimate of drug-likeness (QED) is 0.546. The Hall–Kier alpha value is -1.42. The van der Waals surface area contributed by atoms with Crippen LogP contribution in [0.15, 0.2) is 18.2 Å². The molecule has 0 saturated carbocycles. The smallest absolute Gasteiger partial charge is 0.270 e. The van der Waals surface area contributed by atoms with Gasteiger partial charge in [-0.1, -0.05) is 6.07 Å². The fourth-order valence-electron chi connectivity index (χ4n) is 1.40. The summed E-state index contributed by atoms with van der Waals surface area (Å²) >= 11 is 0. The van der Waals surface area contributed by atoms with E-state index in [9.17, 15) is 10.1 Å². The molecule has 0 aliphatic heterocycles. The fraction of sp³-hybridized carbons (Fsp3) is 0.400. The monoisotopic (exact) mass is 194 g/mol. The molecule has 4 nitrogen and oxygen atoms in total. The molecule has 0 aromatic heterocycles. The summed E-state index contributed by atoms with van der Waals surface area (Å²) in [4.78, 5) is 12.2. The first-order valence-electron chi connectivity index (χ1n) is 4.39. The van der Waals surface area contributed by atoms with E-state index in [1.807, 2.05) is 32.0 Å². The average molecular weight is 194 g/mol. The van der Waals surface area contributed by atoms with Gasteiger partial charge in [0.25, 0.3) is 5.69 Å². The van der Waals surface area contributed by atoms with E-state index in [0.717, 1.165) is 17.7 Å². The summed E-state index contributed by atoms with van der Waals surface area (Å²) in [5.41, 5.74) is 2.07. The molecule has 0 N–H and O–H groups in total. The predicted octanol–water partition coefficient (Wildman–Crippen LogP) is 1.96. The van der Waals surface area contributed by atoms with Crippen molar-refractivity contribution in [1.82, 2.24) is 4.90 Å². The van der Waals surface area contributed by atoms with Crippen LogP contribution in [0, 0.1) is 17.0 Å². The maximum Gasteiger partial charge on any atom is 0.270 e. The van der Waals surface area contributed by atoms with Crippen molar-refractivity contribution >= 4 is 5.69 Å². The summed E-state index contributed by atoms with van der Waals surface area (Å²) in [7, 11) is 3.88. The fourth-order valence-corrected chi connectivity index (χ4v) is 1.40. The van der Waals surface area contributed by atoms with Crippen LogP contribution in [0.3, 0.4) is 0 Å². The maximum absolute atomic E-state index is 10.6. The number of aryl methyl sites for hydroxylation is 1. The van der Waals surface area contributed by atoms with Crippen LogP contribution in [0.1, 0.15) is 11.1 Å². The number of hydrogen-bond acceptors (Lipinski definition) is 3. The SMILES string of the molecule is Cc1cc(CN(C)C)cc([N+](=O)[O-])c1. The molecule has 0 aliphatic carbocycles. The Bertz CT molecular complexity index is 348. The van der Waals surface area contributed by atoms with Gasteiger partial charge in [0, 0.05) is 18.7 Å². The van der Waals surface area contributed by atoms with Crippen molar-refractivity contribution in [1.29, 1.82) is 0 Å². The van der Waals surface area contributed by atoms with E-state index >= 15 is 0 Å². The number of nitrogens with zero attached hydrogens (tertiary/aromatic N) is 2. The third-order valence-electron chi connectivity index (χ3n) is 1.83. The van der Waals surface area contributed by atoms with E-state index in [1.165, 1.54) is 0 Å². The molecule has 4 heteroatoms. The molecule has 14 heavy (non-hydrogen) atoms. The second-order valence-corrected chi connectivity index (χ2v) is 3.67. The third kappa shape index (κ3) is 2.81. The van der Waals surface area contributed by atoms with Crippen LogP contribution < -0.4 is 0 Å². The van der Waals surface area contributed by atoms with Crippen molar-refractivity contribution in [3.63, 3.8) is 0 Å². The largest absolute Gasteiger partial charge is 0.305 e. The average Bonchev–Trinajstić information content (AvgIpc) is 2.01. The summed E-state index contributed by atoms with van der Waals surface area (Å²) in [5.74, 6) is 0. The van der Waals surface area contributed by atoms with E-state index in [-0.39, 0.29) is 10.6 Å². The molecule has 0 fully saturated rings. The molecule has 1 aromatic rings. The Morgan fingerprint density at radius 2 is 2.00 bits per heavy atom. The third-order valence-corrected chi connectivity index (χ3v) is 1.83. The molecule has 0 radical (unpaired) electrons. The number of rotatable bonds is 3. The van der Waals surface area contributed by atoms with Crippen LogP contribution in [0.25, 0.3) is 0 Å². The zero-order valence-electron chi connectivity index (χ0n) is 8.65. The van der Waals surface area contributed by atoms with Crippen molar-refractivity contribution in [2.45, 2.75) is 13.5 Å². The minimum absolute atomic E-state index is 0.168. The highest BCUT2D eigenvalue weighted by Crippen LogP contribution is 2.17. The molecule has 0 atom stereocenters. The first-order chi connectivity index (χ1) is 6.49. The van der Waals surface area contributed by atoms with E-state index in [2.05, 4.69) is 0 Å². The van der Waals surface area contributed by atoms with Gasteiger partial charge in [0.1, 0.15) is 0 Å². The number of non-ortho nitro benzene ring substituents is 1. The van der Waals surface area contributed by atoms with Crippen LogP contribution in [-0.2, 0) is 6.54 Å². The minimum Gasteiger partial charge on any atom is -0.305 e.